The lowest BCUT2D eigenvalue weighted by molar-refractivity contribution is -0.384. The van der Waals surface area contributed by atoms with Crippen LogP contribution in [0.25, 0.3) is 10.9 Å². The smallest absolute Gasteiger partial charge is 0.317 e. The summed E-state index contributed by atoms with van der Waals surface area (Å²) in [5, 5.41) is 24.5. The van der Waals surface area contributed by atoms with E-state index in [2.05, 4.69) is 15.2 Å². The first-order chi connectivity index (χ1) is 13.4. The molecule has 0 aliphatic heterocycles. The Morgan fingerprint density at radius 2 is 2.11 bits per heavy atom. The first-order valence-corrected chi connectivity index (χ1v) is 9.67. The summed E-state index contributed by atoms with van der Waals surface area (Å²) in [5.74, 6) is -0.126. The molecule has 28 heavy (non-hydrogen) atoms. The van der Waals surface area contributed by atoms with E-state index in [0.717, 1.165) is 41.7 Å². The van der Waals surface area contributed by atoms with E-state index >= 15 is 0 Å². The average Bonchev–Trinajstić information content (AvgIpc) is 3.40. The molecule has 0 amide bonds. The molecule has 2 aliphatic rings. The van der Waals surface area contributed by atoms with Crippen molar-refractivity contribution >= 4 is 28.2 Å². The molecule has 2 fully saturated rings. The second kappa shape index (κ2) is 7.35. The van der Waals surface area contributed by atoms with Gasteiger partial charge in [0, 0.05) is 47.5 Å². The van der Waals surface area contributed by atoms with Crippen molar-refractivity contribution in [1.82, 2.24) is 9.88 Å². The van der Waals surface area contributed by atoms with Gasteiger partial charge in [-0.1, -0.05) is 0 Å². The van der Waals surface area contributed by atoms with Gasteiger partial charge in [-0.2, -0.15) is 0 Å². The molecule has 0 spiro atoms. The number of pyridine rings is 1. The molecule has 1 heterocycles. The molecule has 1 aromatic carbocycles. The van der Waals surface area contributed by atoms with E-state index in [9.17, 15) is 20.0 Å². The minimum absolute atomic E-state index is 0.0461. The van der Waals surface area contributed by atoms with Gasteiger partial charge in [0.25, 0.3) is 5.69 Å². The van der Waals surface area contributed by atoms with Crippen molar-refractivity contribution < 1.29 is 14.8 Å². The third-order valence-electron chi connectivity index (χ3n) is 5.65. The van der Waals surface area contributed by atoms with Gasteiger partial charge in [0.05, 0.1) is 17.0 Å². The van der Waals surface area contributed by atoms with E-state index in [1.807, 2.05) is 13.0 Å². The van der Waals surface area contributed by atoms with Crippen molar-refractivity contribution in [2.75, 3.05) is 18.4 Å². The number of carboxylic acid groups (broad SMARTS) is 1. The normalized spacial score (nSPS) is 21.5. The Labute approximate surface area is 162 Å². The summed E-state index contributed by atoms with van der Waals surface area (Å²) in [6, 6.07) is 7.13. The van der Waals surface area contributed by atoms with E-state index in [1.165, 1.54) is 18.9 Å². The molecule has 0 radical (unpaired) electrons. The summed E-state index contributed by atoms with van der Waals surface area (Å²) >= 11 is 0. The van der Waals surface area contributed by atoms with Crippen molar-refractivity contribution in [2.45, 2.75) is 44.7 Å². The second-order valence-corrected chi connectivity index (χ2v) is 8.00. The van der Waals surface area contributed by atoms with Gasteiger partial charge in [0.15, 0.2) is 0 Å². The highest BCUT2D eigenvalue weighted by atomic mass is 16.6. The van der Waals surface area contributed by atoms with Crippen LogP contribution in [0, 0.1) is 23.0 Å². The van der Waals surface area contributed by atoms with Crippen LogP contribution in [0.1, 0.15) is 31.4 Å². The van der Waals surface area contributed by atoms with Crippen LogP contribution in [0.2, 0.25) is 0 Å². The topological polar surface area (TPSA) is 109 Å². The lowest BCUT2D eigenvalue weighted by Gasteiger charge is -2.43. The standard InChI is InChI=1S/C20H24N4O4/c1-12-6-19(17-9-15(24(27)28)4-5-18(17)21-12)22-14-7-16(8-14)23(11-20(25)26)10-13-2-3-13/h4-6,9,13-14,16H,2-3,7-8,10-11H2,1H3,(H,21,22)(H,25,26). The Morgan fingerprint density at radius 1 is 1.36 bits per heavy atom. The van der Waals surface area contributed by atoms with Crippen molar-refractivity contribution in [3.8, 4) is 0 Å². The number of aryl methyl sites for hydroxylation is 1. The molecule has 148 valence electrons. The molecule has 8 heteroatoms. The Bertz CT molecular complexity index is 922. The number of aliphatic carboxylic acids is 1. The zero-order valence-electron chi connectivity index (χ0n) is 15.8. The SMILES string of the molecule is Cc1cc(NC2CC(N(CC(=O)O)CC3CC3)C2)c2cc([N+](=O)[O-])ccc2n1. The van der Waals surface area contributed by atoms with Gasteiger partial charge < -0.3 is 10.4 Å². The molecule has 2 saturated carbocycles. The van der Waals surface area contributed by atoms with Crippen LogP contribution in [-0.2, 0) is 4.79 Å². The second-order valence-electron chi connectivity index (χ2n) is 8.00. The Morgan fingerprint density at radius 3 is 2.75 bits per heavy atom. The number of benzene rings is 1. The van der Waals surface area contributed by atoms with Crippen LogP contribution >= 0.6 is 0 Å². The molecule has 1 aromatic heterocycles. The van der Waals surface area contributed by atoms with Crippen LogP contribution < -0.4 is 5.32 Å². The Balaban J connectivity index is 1.47. The molecule has 0 bridgehead atoms. The third kappa shape index (κ3) is 4.06. The number of nitrogens with one attached hydrogen (secondary N) is 1. The van der Waals surface area contributed by atoms with E-state index in [1.54, 1.807) is 12.1 Å². The minimum atomic E-state index is -0.778. The van der Waals surface area contributed by atoms with Crippen LogP contribution in [-0.4, -0.2) is 51.1 Å². The predicted molar refractivity (Wildman–Crippen MR) is 105 cm³/mol. The molecule has 8 nitrogen and oxygen atoms in total. The summed E-state index contributed by atoms with van der Waals surface area (Å²) in [4.78, 5) is 28.5. The highest BCUT2D eigenvalue weighted by molar-refractivity contribution is 5.93. The number of nitro groups is 1. The number of rotatable bonds is 8. The molecule has 0 unspecified atom stereocenters. The summed E-state index contributed by atoms with van der Waals surface area (Å²) in [6.45, 7) is 2.87. The van der Waals surface area contributed by atoms with Gasteiger partial charge in [-0.15, -0.1) is 0 Å². The number of hydrogen-bond acceptors (Lipinski definition) is 6. The van der Waals surface area contributed by atoms with Gasteiger partial charge >= 0.3 is 5.97 Å². The maximum Gasteiger partial charge on any atom is 0.317 e. The first-order valence-electron chi connectivity index (χ1n) is 9.67. The van der Waals surface area contributed by atoms with Crippen molar-refractivity contribution in [1.29, 1.82) is 0 Å². The van der Waals surface area contributed by atoms with E-state index in [0.29, 0.717) is 5.92 Å². The molecule has 2 aliphatic carbocycles. The summed E-state index contributed by atoms with van der Waals surface area (Å²) in [6.07, 6.45) is 4.15. The number of carbonyl (C=O) groups is 1. The molecule has 0 saturated heterocycles. The van der Waals surface area contributed by atoms with Gasteiger partial charge in [0.1, 0.15) is 0 Å². The largest absolute Gasteiger partial charge is 0.480 e. The fourth-order valence-corrected chi connectivity index (χ4v) is 3.95. The number of anilines is 1. The Kier molecular flexibility index (Phi) is 4.89. The van der Waals surface area contributed by atoms with Crippen molar-refractivity contribution in [3.05, 3.63) is 40.1 Å². The molecule has 2 N–H and O–H groups in total. The number of hydrogen-bond donors (Lipinski definition) is 2. The molecule has 2 aromatic rings. The quantitative estimate of drug-likeness (QED) is 0.531. The van der Waals surface area contributed by atoms with Gasteiger partial charge in [-0.25, -0.2) is 0 Å². The number of aromatic nitrogens is 1. The van der Waals surface area contributed by atoms with Gasteiger partial charge in [-0.05, 0) is 50.7 Å². The molecular weight excluding hydrogens is 360 g/mol. The van der Waals surface area contributed by atoms with Crippen LogP contribution in [0.3, 0.4) is 0 Å². The van der Waals surface area contributed by atoms with Crippen LogP contribution in [0.15, 0.2) is 24.3 Å². The fraction of sp³-hybridized carbons (Fsp3) is 0.500. The first kappa shape index (κ1) is 18.6. The summed E-state index contributed by atoms with van der Waals surface area (Å²) in [5.41, 5.74) is 2.47. The van der Waals surface area contributed by atoms with Gasteiger partial charge in [-0.3, -0.25) is 24.8 Å². The fourth-order valence-electron chi connectivity index (χ4n) is 3.95. The number of nitro benzene ring substituents is 1. The maximum atomic E-state index is 11.2. The van der Waals surface area contributed by atoms with E-state index in [4.69, 9.17) is 0 Å². The molecule has 0 atom stereocenters. The highest BCUT2D eigenvalue weighted by Crippen LogP contribution is 2.36. The zero-order chi connectivity index (χ0) is 19.8. The Hall–Kier alpha value is -2.74. The predicted octanol–water partition coefficient (Wildman–Crippen LogP) is 3.19. The van der Waals surface area contributed by atoms with Crippen LogP contribution in [0.4, 0.5) is 11.4 Å². The van der Waals surface area contributed by atoms with E-state index in [-0.39, 0.29) is 24.3 Å². The summed E-state index contributed by atoms with van der Waals surface area (Å²) < 4.78 is 0. The zero-order valence-corrected chi connectivity index (χ0v) is 15.8. The lowest BCUT2D eigenvalue weighted by Crippen LogP contribution is -2.52. The highest BCUT2D eigenvalue weighted by Gasteiger charge is 2.37. The van der Waals surface area contributed by atoms with E-state index < -0.39 is 10.9 Å². The number of carboxylic acids is 1. The maximum absolute atomic E-state index is 11.2. The third-order valence-corrected chi connectivity index (χ3v) is 5.65. The monoisotopic (exact) mass is 384 g/mol. The van der Waals surface area contributed by atoms with Gasteiger partial charge in [0.2, 0.25) is 0 Å². The van der Waals surface area contributed by atoms with Crippen molar-refractivity contribution in [2.24, 2.45) is 5.92 Å². The number of fused-ring (bicyclic) bond motifs is 1. The molecule has 4 rings (SSSR count). The number of nitrogens with zero attached hydrogens (tertiary/aromatic N) is 3. The lowest BCUT2D eigenvalue weighted by atomic mass is 9.85. The van der Waals surface area contributed by atoms with Crippen molar-refractivity contribution in [3.63, 3.8) is 0 Å². The minimum Gasteiger partial charge on any atom is -0.480 e. The molecular formula is C20H24N4O4. The van der Waals surface area contributed by atoms with Crippen LogP contribution in [0.5, 0.6) is 0 Å². The number of non-ortho nitro benzene ring substituents is 1. The average molecular weight is 384 g/mol. The summed E-state index contributed by atoms with van der Waals surface area (Å²) in [7, 11) is 0.